The van der Waals surface area contributed by atoms with E-state index in [9.17, 15) is 9.59 Å². The molecule has 1 N–H and O–H groups in total. The Morgan fingerprint density at radius 3 is 2.76 bits per heavy atom. The lowest BCUT2D eigenvalue weighted by Crippen LogP contribution is -2.23. The van der Waals surface area contributed by atoms with E-state index >= 15 is 0 Å². The van der Waals surface area contributed by atoms with Crippen LogP contribution in [-0.2, 0) is 9.53 Å². The van der Waals surface area contributed by atoms with Gasteiger partial charge in [0.25, 0.3) is 5.56 Å². The van der Waals surface area contributed by atoms with Crippen LogP contribution in [0.2, 0.25) is 0 Å². The van der Waals surface area contributed by atoms with Crippen LogP contribution in [0.3, 0.4) is 0 Å². The maximum Gasteiger partial charge on any atom is 0.335 e. The number of rotatable bonds is 7. The van der Waals surface area contributed by atoms with Crippen molar-refractivity contribution in [1.82, 2.24) is 9.55 Å². The van der Waals surface area contributed by atoms with Gasteiger partial charge < -0.3 is 4.74 Å². The smallest absolute Gasteiger partial charge is 0.335 e. The maximum atomic E-state index is 11.8. The van der Waals surface area contributed by atoms with Crippen LogP contribution in [0.15, 0.2) is 23.1 Å². The van der Waals surface area contributed by atoms with Gasteiger partial charge in [0.2, 0.25) is 0 Å². The molecular weight excluding hydrogens is 288 g/mol. The number of ether oxygens (including phenoxy) is 1. The molecule has 0 saturated carbocycles. The minimum absolute atomic E-state index is 0.227. The van der Waals surface area contributed by atoms with Gasteiger partial charge in [-0.1, -0.05) is 26.3 Å². The lowest BCUT2D eigenvalue weighted by Gasteiger charge is -2.21. The van der Waals surface area contributed by atoms with Gasteiger partial charge in [0.15, 0.2) is 11.0 Å². The molecule has 1 heterocycles. The van der Waals surface area contributed by atoms with Gasteiger partial charge in [-0.15, -0.1) is 0 Å². The summed E-state index contributed by atoms with van der Waals surface area (Å²) in [5.41, 5.74) is 0.633. The van der Waals surface area contributed by atoms with E-state index in [0.717, 1.165) is 19.3 Å². The molecule has 0 aliphatic carbocycles. The molecule has 1 unspecified atom stereocenters. The van der Waals surface area contributed by atoms with Gasteiger partial charge in [-0.2, -0.15) is 0 Å². The molecule has 0 aliphatic heterocycles. The summed E-state index contributed by atoms with van der Waals surface area (Å²) in [4.78, 5) is 25.9. The monoisotopic (exact) mass is 310 g/mol. The first-order chi connectivity index (χ1) is 9.86. The zero-order valence-electron chi connectivity index (χ0n) is 12.8. The first-order valence-corrected chi connectivity index (χ1v) is 7.46. The average molecular weight is 310 g/mol. The van der Waals surface area contributed by atoms with Crippen LogP contribution < -0.4 is 5.56 Å². The summed E-state index contributed by atoms with van der Waals surface area (Å²) >= 11 is 5.17. The molecule has 0 fully saturated rings. The molecule has 5 nitrogen and oxygen atoms in total. The molecule has 1 rings (SSSR count). The van der Waals surface area contributed by atoms with E-state index in [1.165, 1.54) is 0 Å². The minimum Gasteiger partial charge on any atom is -0.438 e. The van der Waals surface area contributed by atoms with Gasteiger partial charge in [0, 0.05) is 23.8 Å². The van der Waals surface area contributed by atoms with E-state index in [1.54, 1.807) is 24.6 Å². The molecule has 6 heteroatoms. The van der Waals surface area contributed by atoms with Crippen LogP contribution in [0.5, 0.6) is 0 Å². The molecule has 1 aromatic heterocycles. The molecule has 1 aromatic rings. The summed E-state index contributed by atoms with van der Waals surface area (Å²) in [6.07, 6.45) is 4.76. The van der Waals surface area contributed by atoms with E-state index in [-0.39, 0.29) is 10.3 Å². The Balaban J connectivity index is 3.08. The maximum absolute atomic E-state index is 11.8. The molecule has 0 aliphatic rings. The molecule has 0 spiro atoms. The zero-order valence-corrected chi connectivity index (χ0v) is 13.6. The van der Waals surface area contributed by atoms with Crippen molar-refractivity contribution in [3.63, 3.8) is 0 Å². The van der Waals surface area contributed by atoms with E-state index < -0.39 is 12.2 Å². The van der Waals surface area contributed by atoms with Gasteiger partial charge in [-0.3, -0.25) is 14.3 Å². The van der Waals surface area contributed by atoms with Gasteiger partial charge in [0.1, 0.15) is 0 Å². The highest BCUT2D eigenvalue weighted by Crippen LogP contribution is 2.19. The summed E-state index contributed by atoms with van der Waals surface area (Å²) in [5.74, 6) is -0.456. The Hall–Kier alpha value is -1.69. The number of hydrogen-bond acceptors (Lipinski definition) is 4. The number of carbonyl (C=O) groups is 1. The van der Waals surface area contributed by atoms with Crippen LogP contribution in [0.1, 0.15) is 51.3 Å². The van der Waals surface area contributed by atoms with Crippen molar-refractivity contribution >= 4 is 18.2 Å². The van der Waals surface area contributed by atoms with Crippen LogP contribution in [0.4, 0.5) is 0 Å². The van der Waals surface area contributed by atoms with Crippen LogP contribution in [0.25, 0.3) is 0 Å². The third-order valence-electron chi connectivity index (χ3n) is 3.10. The highest BCUT2D eigenvalue weighted by molar-refractivity contribution is 7.71. The zero-order chi connectivity index (χ0) is 16.0. The van der Waals surface area contributed by atoms with Gasteiger partial charge in [0.05, 0.1) is 0 Å². The molecule has 0 saturated heterocycles. The largest absolute Gasteiger partial charge is 0.438 e. The second-order valence-electron chi connectivity index (χ2n) is 5.11. The summed E-state index contributed by atoms with van der Waals surface area (Å²) in [6, 6.07) is 0. The molecule has 0 radical (unpaired) electrons. The third-order valence-corrected chi connectivity index (χ3v) is 3.42. The number of nitrogens with one attached hydrogen (secondary N) is 1. The molecular formula is C15H22N2O3S. The first kappa shape index (κ1) is 17.4. The number of H-pyrrole nitrogens is 1. The van der Waals surface area contributed by atoms with Crippen molar-refractivity contribution in [3.8, 4) is 0 Å². The van der Waals surface area contributed by atoms with Crippen molar-refractivity contribution in [2.24, 2.45) is 0 Å². The summed E-state index contributed by atoms with van der Waals surface area (Å²) in [6.45, 7) is 8.97. The number of hydrogen-bond donors (Lipinski definition) is 1. The molecule has 21 heavy (non-hydrogen) atoms. The number of nitrogens with zero attached hydrogens (tertiary/aromatic N) is 1. The second kappa shape index (κ2) is 7.93. The fourth-order valence-corrected chi connectivity index (χ4v) is 2.11. The molecule has 1 atom stereocenters. The topological polar surface area (TPSA) is 64.1 Å². The summed E-state index contributed by atoms with van der Waals surface area (Å²) < 4.78 is 7.34. The van der Waals surface area contributed by atoms with Gasteiger partial charge in [-0.25, -0.2) is 4.79 Å². The molecule has 0 aromatic carbocycles. The average Bonchev–Trinajstić information content (AvgIpc) is 2.41. The van der Waals surface area contributed by atoms with E-state index in [2.05, 4.69) is 18.5 Å². The Bertz CT molecular complexity index is 631. The minimum atomic E-state index is -0.524. The predicted molar refractivity (Wildman–Crippen MR) is 84.7 cm³/mol. The quantitative estimate of drug-likeness (QED) is 0.363. The van der Waals surface area contributed by atoms with Gasteiger partial charge in [-0.05, 0) is 32.5 Å². The van der Waals surface area contributed by atoms with E-state index in [1.807, 2.05) is 0 Å². The summed E-state index contributed by atoms with van der Waals surface area (Å²) in [7, 11) is 0. The number of aromatic nitrogens is 2. The van der Waals surface area contributed by atoms with E-state index in [0.29, 0.717) is 17.6 Å². The van der Waals surface area contributed by atoms with Gasteiger partial charge >= 0.3 is 5.97 Å². The van der Waals surface area contributed by atoms with Crippen molar-refractivity contribution in [2.75, 3.05) is 0 Å². The van der Waals surface area contributed by atoms with Crippen molar-refractivity contribution in [1.29, 1.82) is 0 Å². The molecule has 0 bridgehead atoms. The Morgan fingerprint density at radius 1 is 1.52 bits per heavy atom. The lowest BCUT2D eigenvalue weighted by atomic mass is 10.2. The standard InChI is InChI=1S/C15H22N2O3S/c1-5-6-7-8-12(20-14(19)10(2)3)17-9-11(4)13(18)16-15(17)21/h9,12H,2,5-8H2,1,3-4H3,(H,16,18,21). The summed E-state index contributed by atoms with van der Waals surface area (Å²) in [5, 5.41) is 0. The Kier molecular flexibility index (Phi) is 6.55. The fraction of sp³-hybridized carbons (Fsp3) is 0.533. The number of aryl methyl sites for hydroxylation is 1. The number of esters is 1. The highest BCUT2D eigenvalue weighted by atomic mass is 32.1. The molecule has 0 amide bonds. The molecule has 116 valence electrons. The first-order valence-electron chi connectivity index (χ1n) is 7.05. The Labute approximate surface area is 129 Å². The van der Waals surface area contributed by atoms with Crippen LogP contribution in [-0.4, -0.2) is 15.5 Å². The fourth-order valence-electron chi connectivity index (χ4n) is 1.85. The number of aromatic amines is 1. The highest BCUT2D eigenvalue weighted by Gasteiger charge is 2.17. The van der Waals surface area contributed by atoms with Crippen molar-refractivity contribution in [2.45, 2.75) is 52.7 Å². The normalized spacial score (nSPS) is 12.0. The second-order valence-corrected chi connectivity index (χ2v) is 5.50. The lowest BCUT2D eigenvalue weighted by molar-refractivity contribution is -0.149. The number of unbranched alkanes of at least 4 members (excludes halogenated alkanes) is 2. The third kappa shape index (κ3) is 4.97. The van der Waals surface area contributed by atoms with Crippen molar-refractivity contribution in [3.05, 3.63) is 39.0 Å². The van der Waals surface area contributed by atoms with Crippen molar-refractivity contribution < 1.29 is 9.53 Å². The van der Waals surface area contributed by atoms with Crippen LogP contribution >= 0.6 is 12.2 Å². The van der Waals surface area contributed by atoms with Crippen LogP contribution in [0, 0.1) is 11.7 Å². The SMILES string of the molecule is C=C(C)C(=O)OC(CCCCC)n1cc(C)c(=O)[nH]c1=S. The van der Waals surface area contributed by atoms with E-state index in [4.69, 9.17) is 17.0 Å². The number of carbonyl (C=O) groups excluding carboxylic acids is 1. The predicted octanol–water partition coefficient (Wildman–Crippen LogP) is 3.41. The Morgan fingerprint density at radius 2 is 2.19 bits per heavy atom.